The first kappa shape index (κ1) is 15.0. The fourth-order valence-electron chi connectivity index (χ4n) is 2.19. The quantitative estimate of drug-likeness (QED) is 0.878. The first-order chi connectivity index (χ1) is 9.61. The van der Waals surface area contributed by atoms with Crippen molar-refractivity contribution in [3.8, 4) is 6.07 Å². The van der Waals surface area contributed by atoms with Crippen LogP contribution in [0, 0.1) is 11.3 Å². The van der Waals surface area contributed by atoms with E-state index in [1.54, 1.807) is 12.1 Å². The van der Waals surface area contributed by atoms with Crippen LogP contribution in [0.3, 0.4) is 0 Å². The van der Waals surface area contributed by atoms with Gasteiger partial charge in [0.2, 0.25) is 5.91 Å². The van der Waals surface area contributed by atoms with Crippen molar-refractivity contribution < 1.29 is 4.79 Å². The number of halogens is 1. The molecule has 1 aliphatic rings. The van der Waals surface area contributed by atoms with Crippen molar-refractivity contribution in [3.63, 3.8) is 0 Å². The van der Waals surface area contributed by atoms with E-state index in [4.69, 9.17) is 5.26 Å². The molecule has 1 heterocycles. The number of rotatable bonds is 3. The molecule has 0 bridgehead atoms. The van der Waals surface area contributed by atoms with Crippen LogP contribution in [0.25, 0.3) is 0 Å². The van der Waals surface area contributed by atoms with Crippen LogP contribution in [-0.4, -0.2) is 43.0 Å². The zero-order valence-corrected chi connectivity index (χ0v) is 12.9. The lowest BCUT2D eigenvalue weighted by molar-refractivity contribution is -0.120. The van der Waals surface area contributed by atoms with E-state index in [-0.39, 0.29) is 11.9 Å². The lowest BCUT2D eigenvalue weighted by Gasteiger charge is -2.31. The number of hydrogen-bond donors (Lipinski definition) is 2. The summed E-state index contributed by atoms with van der Waals surface area (Å²) in [5.41, 5.74) is 1.02. The Bertz CT molecular complexity index is 534. The number of hydrogen-bond acceptors (Lipinski definition) is 4. The van der Waals surface area contributed by atoms with Crippen LogP contribution >= 0.6 is 15.9 Å². The lowest BCUT2D eigenvalue weighted by atomic mass is 10.1. The molecule has 1 aromatic carbocycles. The maximum atomic E-state index is 12.3. The van der Waals surface area contributed by atoms with Crippen molar-refractivity contribution in [1.82, 2.24) is 10.2 Å². The largest absolute Gasteiger partial charge is 0.324 e. The van der Waals surface area contributed by atoms with Crippen LogP contribution in [0.1, 0.15) is 12.5 Å². The molecule has 20 heavy (non-hydrogen) atoms. The summed E-state index contributed by atoms with van der Waals surface area (Å²) < 4.78 is 0.821. The van der Waals surface area contributed by atoms with Crippen molar-refractivity contribution in [3.05, 3.63) is 28.2 Å². The van der Waals surface area contributed by atoms with Gasteiger partial charge in [0.15, 0.2) is 0 Å². The van der Waals surface area contributed by atoms with E-state index >= 15 is 0 Å². The van der Waals surface area contributed by atoms with Crippen LogP contribution in [0.4, 0.5) is 5.69 Å². The smallest absolute Gasteiger partial charge is 0.241 e. The van der Waals surface area contributed by atoms with Crippen molar-refractivity contribution in [2.75, 3.05) is 31.5 Å². The molecule has 1 unspecified atom stereocenters. The summed E-state index contributed by atoms with van der Waals surface area (Å²) in [5, 5.41) is 15.2. The van der Waals surface area contributed by atoms with Gasteiger partial charge in [-0.15, -0.1) is 0 Å². The maximum absolute atomic E-state index is 12.3. The Labute approximate surface area is 127 Å². The molecule has 5 nitrogen and oxygen atoms in total. The van der Waals surface area contributed by atoms with E-state index in [1.807, 2.05) is 13.0 Å². The molecule has 106 valence electrons. The Morgan fingerprint density at radius 3 is 2.85 bits per heavy atom. The standard InChI is InChI=1S/C14H17BrN4O/c1-10(19-6-4-17-5-7-19)14(20)18-13-3-2-12(15)8-11(13)9-16/h2-3,8,10,17H,4-7H2,1H3,(H,18,20). The van der Waals surface area contributed by atoms with E-state index in [0.29, 0.717) is 11.3 Å². The Balaban J connectivity index is 2.05. The minimum Gasteiger partial charge on any atom is -0.324 e. The summed E-state index contributed by atoms with van der Waals surface area (Å²) in [7, 11) is 0. The fraction of sp³-hybridized carbons (Fsp3) is 0.429. The van der Waals surface area contributed by atoms with Gasteiger partial charge in [0.1, 0.15) is 6.07 Å². The van der Waals surface area contributed by atoms with E-state index in [0.717, 1.165) is 30.7 Å². The molecule has 1 saturated heterocycles. The van der Waals surface area contributed by atoms with Gasteiger partial charge in [-0.25, -0.2) is 0 Å². The number of nitriles is 1. The number of anilines is 1. The molecule has 1 aliphatic heterocycles. The Hall–Kier alpha value is -1.42. The van der Waals surface area contributed by atoms with Crippen LogP contribution in [0.15, 0.2) is 22.7 Å². The van der Waals surface area contributed by atoms with Crippen LogP contribution < -0.4 is 10.6 Å². The highest BCUT2D eigenvalue weighted by Gasteiger charge is 2.23. The molecule has 2 N–H and O–H groups in total. The van der Waals surface area contributed by atoms with Gasteiger partial charge in [-0.1, -0.05) is 15.9 Å². The Morgan fingerprint density at radius 2 is 2.20 bits per heavy atom. The number of nitrogens with one attached hydrogen (secondary N) is 2. The van der Waals surface area contributed by atoms with Crippen LogP contribution in [-0.2, 0) is 4.79 Å². The summed E-state index contributed by atoms with van der Waals surface area (Å²) in [4.78, 5) is 14.4. The minimum absolute atomic E-state index is 0.0780. The van der Waals surface area contributed by atoms with Gasteiger partial charge in [-0.05, 0) is 25.1 Å². The highest BCUT2D eigenvalue weighted by molar-refractivity contribution is 9.10. The third-order valence-corrected chi connectivity index (χ3v) is 3.93. The van der Waals surface area contributed by atoms with Crippen LogP contribution in [0.5, 0.6) is 0 Å². The number of nitrogens with zero attached hydrogens (tertiary/aromatic N) is 2. The van der Waals surface area contributed by atoms with Crippen molar-refractivity contribution in [2.24, 2.45) is 0 Å². The van der Waals surface area contributed by atoms with Gasteiger partial charge < -0.3 is 10.6 Å². The highest BCUT2D eigenvalue weighted by atomic mass is 79.9. The molecule has 1 amide bonds. The zero-order chi connectivity index (χ0) is 14.5. The lowest BCUT2D eigenvalue weighted by Crippen LogP contribution is -2.51. The van der Waals surface area contributed by atoms with Gasteiger partial charge in [-0.3, -0.25) is 9.69 Å². The molecule has 1 fully saturated rings. The molecule has 1 atom stereocenters. The highest BCUT2D eigenvalue weighted by Crippen LogP contribution is 2.20. The molecule has 6 heteroatoms. The fourth-order valence-corrected chi connectivity index (χ4v) is 2.55. The van der Waals surface area contributed by atoms with Crippen molar-refractivity contribution >= 4 is 27.5 Å². The van der Waals surface area contributed by atoms with Gasteiger partial charge in [-0.2, -0.15) is 5.26 Å². The Morgan fingerprint density at radius 1 is 1.50 bits per heavy atom. The average Bonchev–Trinajstić information content (AvgIpc) is 2.49. The summed E-state index contributed by atoms with van der Waals surface area (Å²) in [6.45, 7) is 5.42. The topological polar surface area (TPSA) is 68.2 Å². The summed E-state index contributed by atoms with van der Waals surface area (Å²) in [5.74, 6) is -0.0780. The van der Waals surface area contributed by atoms with E-state index < -0.39 is 0 Å². The second-order valence-corrected chi connectivity index (χ2v) is 5.67. The van der Waals surface area contributed by atoms with Gasteiger partial charge in [0.25, 0.3) is 0 Å². The number of benzene rings is 1. The molecule has 0 aliphatic carbocycles. The first-order valence-corrected chi connectivity index (χ1v) is 7.36. The summed E-state index contributed by atoms with van der Waals surface area (Å²) >= 11 is 3.32. The third kappa shape index (κ3) is 3.57. The SMILES string of the molecule is CC(C(=O)Nc1ccc(Br)cc1C#N)N1CCNCC1. The maximum Gasteiger partial charge on any atom is 0.241 e. The number of carbonyl (C=O) groups excluding carboxylic acids is 1. The van der Waals surface area contributed by atoms with Crippen molar-refractivity contribution in [2.45, 2.75) is 13.0 Å². The molecule has 0 spiro atoms. The predicted octanol–water partition coefficient (Wildman–Crippen LogP) is 1.55. The summed E-state index contributed by atoms with van der Waals surface area (Å²) in [6, 6.07) is 7.14. The second-order valence-electron chi connectivity index (χ2n) is 4.75. The molecule has 2 rings (SSSR count). The predicted molar refractivity (Wildman–Crippen MR) is 81.4 cm³/mol. The zero-order valence-electron chi connectivity index (χ0n) is 11.3. The van der Waals surface area contributed by atoms with E-state index in [2.05, 4.69) is 37.5 Å². The Kier molecular flexibility index (Phi) is 5.12. The monoisotopic (exact) mass is 336 g/mol. The van der Waals surface area contributed by atoms with Gasteiger partial charge in [0.05, 0.1) is 17.3 Å². The van der Waals surface area contributed by atoms with E-state index in [1.165, 1.54) is 0 Å². The molecular weight excluding hydrogens is 320 g/mol. The number of carbonyl (C=O) groups is 1. The molecular formula is C14H17BrN4O. The molecule has 0 radical (unpaired) electrons. The number of piperazine rings is 1. The minimum atomic E-state index is -0.202. The van der Waals surface area contributed by atoms with Crippen molar-refractivity contribution in [1.29, 1.82) is 5.26 Å². The first-order valence-electron chi connectivity index (χ1n) is 6.57. The second kappa shape index (κ2) is 6.84. The molecule has 0 saturated carbocycles. The molecule has 1 aromatic rings. The van der Waals surface area contributed by atoms with Gasteiger partial charge in [0, 0.05) is 30.7 Å². The average molecular weight is 337 g/mol. The van der Waals surface area contributed by atoms with Crippen LogP contribution in [0.2, 0.25) is 0 Å². The molecule has 0 aromatic heterocycles. The van der Waals surface area contributed by atoms with E-state index in [9.17, 15) is 4.79 Å². The number of amides is 1. The normalized spacial score (nSPS) is 17.2. The third-order valence-electron chi connectivity index (χ3n) is 3.44. The van der Waals surface area contributed by atoms with Gasteiger partial charge >= 0.3 is 0 Å². The summed E-state index contributed by atoms with van der Waals surface area (Å²) in [6.07, 6.45) is 0.